The van der Waals surface area contributed by atoms with Gasteiger partial charge in [-0.2, -0.15) is 4.57 Å². The number of nitrogens with zero attached hydrogens (tertiary/aromatic N) is 1. The molecule has 0 spiro atoms. The molecule has 0 unspecified atom stereocenters. The maximum absolute atomic E-state index is 9.67. The summed E-state index contributed by atoms with van der Waals surface area (Å²) in [6.45, 7) is 8.42. The number of rotatable bonds is 2. The van der Waals surface area contributed by atoms with Crippen molar-refractivity contribution in [2.75, 3.05) is 0 Å². The fourth-order valence-corrected chi connectivity index (χ4v) is 1.56. The van der Waals surface area contributed by atoms with Gasteiger partial charge in [-0.1, -0.05) is 13.8 Å². The molecule has 0 radical (unpaired) electrons. The van der Waals surface area contributed by atoms with Crippen LogP contribution in [0.3, 0.4) is 0 Å². The van der Waals surface area contributed by atoms with E-state index in [1.54, 1.807) is 6.07 Å². The van der Waals surface area contributed by atoms with Gasteiger partial charge in [0.2, 0.25) is 0 Å². The molecule has 13 heavy (non-hydrogen) atoms. The summed E-state index contributed by atoms with van der Waals surface area (Å²) in [6.07, 6.45) is 0. The van der Waals surface area contributed by atoms with Crippen LogP contribution in [0.4, 0.5) is 0 Å². The van der Waals surface area contributed by atoms with E-state index in [4.69, 9.17) is 0 Å². The van der Waals surface area contributed by atoms with Gasteiger partial charge in [0.1, 0.15) is 0 Å². The van der Waals surface area contributed by atoms with Crippen molar-refractivity contribution in [1.29, 1.82) is 0 Å². The second kappa shape index (κ2) is 3.77. The lowest BCUT2D eigenvalue weighted by Gasteiger charge is -2.10. The normalized spacial score (nSPS) is 11.2. The molecule has 2 heteroatoms. The molecule has 1 aromatic heterocycles. The lowest BCUT2D eigenvalue weighted by molar-refractivity contribution is -0.729. The summed E-state index contributed by atoms with van der Waals surface area (Å²) >= 11 is 0. The SMILES string of the molecule is CC(C)c1cccc(O)[n+]1C(C)C. The average Bonchev–Trinajstić information content (AvgIpc) is 2.02. The first kappa shape index (κ1) is 10.0. The van der Waals surface area contributed by atoms with Crippen LogP contribution in [0.1, 0.15) is 45.3 Å². The van der Waals surface area contributed by atoms with Crippen molar-refractivity contribution in [1.82, 2.24) is 0 Å². The fraction of sp³-hybridized carbons (Fsp3) is 0.545. The summed E-state index contributed by atoms with van der Waals surface area (Å²) in [5.41, 5.74) is 1.18. The van der Waals surface area contributed by atoms with E-state index < -0.39 is 0 Å². The van der Waals surface area contributed by atoms with Gasteiger partial charge in [-0.15, -0.1) is 0 Å². The van der Waals surface area contributed by atoms with Crippen LogP contribution in [0.5, 0.6) is 5.88 Å². The van der Waals surface area contributed by atoms with E-state index in [0.29, 0.717) is 17.8 Å². The molecule has 1 heterocycles. The average molecular weight is 180 g/mol. The molecule has 0 saturated heterocycles. The summed E-state index contributed by atoms with van der Waals surface area (Å²) in [6, 6.07) is 5.98. The van der Waals surface area contributed by atoms with Gasteiger partial charge >= 0.3 is 5.88 Å². The molecular formula is C11H18NO+. The number of hydrogen-bond acceptors (Lipinski definition) is 1. The first-order valence-electron chi connectivity index (χ1n) is 4.77. The Bertz CT molecular complexity index is 292. The minimum absolute atomic E-state index is 0.304. The molecule has 1 aromatic rings. The zero-order valence-corrected chi connectivity index (χ0v) is 8.78. The fourth-order valence-electron chi connectivity index (χ4n) is 1.56. The minimum Gasteiger partial charge on any atom is -0.460 e. The van der Waals surface area contributed by atoms with Crippen molar-refractivity contribution in [3.8, 4) is 5.88 Å². The topological polar surface area (TPSA) is 24.1 Å². The number of aromatic hydroxyl groups is 1. The second-order valence-electron chi connectivity index (χ2n) is 3.93. The third-order valence-corrected chi connectivity index (χ3v) is 2.15. The van der Waals surface area contributed by atoms with E-state index in [0.717, 1.165) is 0 Å². The van der Waals surface area contributed by atoms with Crippen LogP contribution in [0.25, 0.3) is 0 Å². The number of pyridine rings is 1. The minimum atomic E-state index is 0.304. The summed E-state index contributed by atoms with van der Waals surface area (Å²) in [4.78, 5) is 0. The molecule has 0 bridgehead atoms. The lowest BCUT2D eigenvalue weighted by atomic mass is 10.1. The van der Waals surface area contributed by atoms with Crippen molar-refractivity contribution < 1.29 is 9.67 Å². The van der Waals surface area contributed by atoms with E-state index in [-0.39, 0.29) is 0 Å². The second-order valence-corrected chi connectivity index (χ2v) is 3.93. The summed E-state index contributed by atoms with van der Waals surface area (Å²) in [5.74, 6) is 0.788. The summed E-state index contributed by atoms with van der Waals surface area (Å²) in [5, 5.41) is 9.67. The van der Waals surface area contributed by atoms with E-state index in [2.05, 4.69) is 33.8 Å². The molecule has 0 atom stereocenters. The summed E-state index contributed by atoms with van der Waals surface area (Å²) in [7, 11) is 0. The van der Waals surface area contributed by atoms with Crippen LogP contribution >= 0.6 is 0 Å². The predicted molar refractivity (Wildman–Crippen MR) is 52.8 cm³/mol. The molecule has 0 fully saturated rings. The Labute approximate surface area is 79.8 Å². The highest BCUT2D eigenvalue weighted by atomic mass is 16.3. The first-order chi connectivity index (χ1) is 6.04. The Kier molecular flexibility index (Phi) is 2.91. The third kappa shape index (κ3) is 2.00. The Morgan fingerprint density at radius 1 is 1.15 bits per heavy atom. The van der Waals surface area contributed by atoms with Gasteiger partial charge in [0.05, 0.1) is 6.07 Å². The molecule has 2 nitrogen and oxygen atoms in total. The van der Waals surface area contributed by atoms with Crippen LogP contribution in [0.15, 0.2) is 18.2 Å². The molecule has 0 aliphatic carbocycles. The Morgan fingerprint density at radius 3 is 2.15 bits per heavy atom. The summed E-state index contributed by atoms with van der Waals surface area (Å²) < 4.78 is 1.96. The van der Waals surface area contributed by atoms with E-state index in [1.807, 2.05) is 10.6 Å². The molecule has 0 aliphatic rings. The quantitative estimate of drug-likeness (QED) is 0.694. The van der Waals surface area contributed by atoms with Crippen molar-refractivity contribution in [2.45, 2.75) is 39.7 Å². The van der Waals surface area contributed by atoms with Gasteiger partial charge in [-0.3, -0.25) is 0 Å². The molecule has 1 rings (SSSR count). The number of aromatic nitrogens is 1. The zero-order valence-electron chi connectivity index (χ0n) is 8.78. The van der Waals surface area contributed by atoms with E-state index >= 15 is 0 Å². The van der Waals surface area contributed by atoms with Gasteiger partial charge < -0.3 is 5.11 Å². The van der Waals surface area contributed by atoms with Crippen LogP contribution in [0, 0.1) is 0 Å². The predicted octanol–water partition coefficient (Wildman–Crippen LogP) is 2.38. The van der Waals surface area contributed by atoms with Gasteiger partial charge in [0.15, 0.2) is 11.7 Å². The third-order valence-electron chi connectivity index (χ3n) is 2.15. The molecule has 0 saturated carbocycles. The Balaban J connectivity index is 3.26. The highest BCUT2D eigenvalue weighted by Gasteiger charge is 2.20. The first-order valence-corrected chi connectivity index (χ1v) is 4.77. The van der Waals surface area contributed by atoms with Crippen LogP contribution < -0.4 is 4.57 Å². The van der Waals surface area contributed by atoms with Crippen molar-refractivity contribution >= 4 is 0 Å². The largest absolute Gasteiger partial charge is 0.460 e. The van der Waals surface area contributed by atoms with E-state index in [9.17, 15) is 5.11 Å². The standard InChI is InChI=1S/C11H17NO/c1-8(2)10-6-5-7-11(13)12(10)9(3)4/h5-9H,1-4H3/p+1. The van der Waals surface area contributed by atoms with Crippen LogP contribution in [0.2, 0.25) is 0 Å². The van der Waals surface area contributed by atoms with Gasteiger partial charge in [0, 0.05) is 12.0 Å². The van der Waals surface area contributed by atoms with Crippen molar-refractivity contribution in [2.24, 2.45) is 0 Å². The highest BCUT2D eigenvalue weighted by Crippen LogP contribution is 2.15. The molecular weight excluding hydrogens is 162 g/mol. The van der Waals surface area contributed by atoms with Crippen molar-refractivity contribution in [3.05, 3.63) is 23.9 Å². The zero-order chi connectivity index (χ0) is 10.0. The van der Waals surface area contributed by atoms with Crippen LogP contribution in [-0.4, -0.2) is 5.11 Å². The lowest BCUT2D eigenvalue weighted by Crippen LogP contribution is -2.41. The molecule has 0 aliphatic heterocycles. The van der Waals surface area contributed by atoms with Crippen molar-refractivity contribution in [3.63, 3.8) is 0 Å². The van der Waals surface area contributed by atoms with Gasteiger partial charge in [-0.25, -0.2) is 0 Å². The van der Waals surface area contributed by atoms with Gasteiger partial charge in [0.25, 0.3) is 0 Å². The maximum atomic E-state index is 9.67. The monoisotopic (exact) mass is 180 g/mol. The van der Waals surface area contributed by atoms with Crippen LogP contribution in [-0.2, 0) is 0 Å². The van der Waals surface area contributed by atoms with Gasteiger partial charge in [-0.05, 0) is 19.9 Å². The van der Waals surface area contributed by atoms with E-state index in [1.165, 1.54) is 5.69 Å². The smallest absolute Gasteiger partial charge is 0.365 e. The molecule has 0 amide bonds. The highest BCUT2D eigenvalue weighted by molar-refractivity contribution is 5.09. The Hall–Kier alpha value is -1.05. The molecule has 1 N–H and O–H groups in total. The molecule has 0 aromatic carbocycles. The number of hydrogen-bond donors (Lipinski definition) is 1. The maximum Gasteiger partial charge on any atom is 0.365 e. The Morgan fingerprint density at radius 2 is 1.77 bits per heavy atom. The molecule has 72 valence electrons.